The van der Waals surface area contributed by atoms with E-state index in [1.807, 2.05) is 13.8 Å². The second-order valence-electron chi connectivity index (χ2n) is 5.99. The van der Waals surface area contributed by atoms with Crippen LogP contribution in [-0.2, 0) is 9.59 Å². The standard InChI is InChI=1S/C12H18N2O2/c1-12(2)8-9(12)11(16)14(10(8)15)7-5-3-4-6(7)13/h6-9H,3-5,13H2,1-2H3. The van der Waals surface area contributed by atoms with E-state index >= 15 is 0 Å². The number of likely N-dealkylation sites (tertiary alicyclic amines) is 1. The summed E-state index contributed by atoms with van der Waals surface area (Å²) in [7, 11) is 0. The zero-order chi connectivity index (χ0) is 11.7. The second-order valence-corrected chi connectivity index (χ2v) is 5.99. The van der Waals surface area contributed by atoms with Crippen LogP contribution in [0.2, 0.25) is 0 Å². The Balaban J connectivity index is 1.85. The van der Waals surface area contributed by atoms with E-state index in [4.69, 9.17) is 5.73 Å². The highest BCUT2D eigenvalue weighted by Crippen LogP contribution is 2.63. The van der Waals surface area contributed by atoms with Gasteiger partial charge in [0.15, 0.2) is 0 Å². The van der Waals surface area contributed by atoms with Gasteiger partial charge in [-0.1, -0.05) is 13.8 Å². The Hall–Kier alpha value is -0.900. The molecule has 3 aliphatic rings. The van der Waals surface area contributed by atoms with Crippen molar-refractivity contribution in [3.63, 3.8) is 0 Å². The van der Waals surface area contributed by atoms with E-state index in [9.17, 15) is 9.59 Å². The Kier molecular flexibility index (Phi) is 1.83. The highest BCUT2D eigenvalue weighted by molar-refractivity contribution is 6.10. The van der Waals surface area contributed by atoms with Gasteiger partial charge in [-0.2, -0.15) is 0 Å². The topological polar surface area (TPSA) is 63.4 Å². The fourth-order valence-electron chi connectivity index (χ4n) is 3.58. The molecule has 0 radical (unpaired) electrons. The van der Waals surface area contributed by atoms with Crippen LogP contribution in [0.4, 0.5) is 0 Å². The molecule has 0 aromatic heterocycles. The van der Waals surface area contributed by atoms with Gasteiger partial charge in [-0.05, 0) is 24.7 Å². The Morgan fingerprint density at radius 3 is 2.19 bits per heavy atom. The molecule has 88 valence electrons. The van der Waals surface area contributed by atoms with Crippen LogP contribution in [0.5, 0.6) is 0 Å². The summed E-state index contributed by atoms with van der Waals surface area (Å²) in [6.45, 7) is 4.01. The molecule has 0 spiro atoms. The van der Waals surface area contributed by atoms with Crippen molar-refractivity contribution in [2.24, 2.45) is 23.0 Å². The number of hydrogen-bond donors (Lipinski definition) is 1. The molecule has 2 aliphatic carbocycles. The maximum atomic E-state index is 12.2. The predicted octanol–water partition coefficient (Wildman–Crippen LogP) is 0.507. The average Bonchev–Trinajstić information content (AvgIpc) is 2.49. The van der Waals surface area contributed by atoms with Gasteiger partial charge in [0.05, 0.1) is 17.9 Å². The molecule has 3 fully saturated rings. The summed E-state index contributed by atoms with van der Waals surface area (Å²) < 4.78 is 0. The van der Waals surface area contributed by atoms with Gasteiger partial charge in [0, 0.05) is 6.04 Å². The fraction of sp³-hybridized carbons (Fsp3) is 0.833. The van der Waals surface area contributed by atoms with Crippen molar-refractivity contribution in [2.75, 3.05) is 0 Å². The molecule has 4 heteroatoms. The van der Waals surface area contributed by atoms with Gasteiger partial charge in [-0.3, -0.25) is 14.5 Å². The number of carbonyl (C=O) groups is 2. The number of amides is 2. The lowest BCUT2D eigenvalue weighted by molar-refractivity contribution is -0.146. The Bertz CT molecular complexity index is 353. The normalized spacial score (nSPS) is 45.1. The van der Waals surface area contributed by atoms with Crippen molar-refractivity contribution in [3.05, 3.63) is 0 Å². The number of piperidine rings is 1. The summed E-state index contributed by atoms with van der Waals surface area (Å²) in [5.41, 5.74) is 5.86. The summed E-state index contributed by atoms with van der Waals surface area (Å²) >= 11 is 0. The first kappa shape index (κ1) is 10.3. The van der Waals surface area contributed by atoms with Crippen molar-refractivity contribution < 1.29 is 9.59 Å². The number of fused-ring (bicyclic) bond motifs is 1. The molecule has 4 nitrogen and oxygen atoms in total. The molecule has 4 atom stereocenters. The second kappa shape index (κ2) is 2.86. The van der Waals surface area contributed by atoms with Gasteiger partial charge in [0.2, 0.25) is 11.8 Å². The predicted molar refractivity (Wildman–Crippen MR) is 58.2 cm³/mol. The van der Waals surface area contributed by atoms with Gasteiger partial charge in [-0.25, -0.2) is 0 Å². The molecule has 16 heavy (non-hydrogen) atoms. The third-order valence-electron chi connectivity index (χ3n) is 4.70. The number of nitrogens with zero attached hydrogens (tertiary/aromatic N) is 1. The maximum absolute atomic E-state index is 12.2. The van der Waals surface area contributed by atoms with Gasteiger partial charge in [0.25, 0.3) is 0 Å². The van der Waals surface area contributed by atoms with E-state index < -0.39 is 0 Å². The summed E-state index contributed by atoms with van der Waals surface area (Å²) in [4.78, 5) is 25.8. The van der Waals surface area contributed by atoms with Gasteiger partial charge in [-0.15, -0.1) is 0 Å². The van der Waals surface area contributed by atoms with Crippen LogP contribution in [0.1, 0.15) is 33.1 Å². The summed E-state index contributed by atoms with van der Waals surface area (Å²) in [6.07, 6.45) is 2.85. The number of carbonyl (C=O) groups excluding carboxylic acids is 2. The molecule has 2 saturated carbocycles. The first-order chi connectivity index (χ1) is 7.46. The van der Waals surface area contributed by atoms with Crippen LogP contribution in [0, 0.1) is 17.3 Å². The van der Waals surface area contributed by atoms with Crippen LogP contribution >= 0.6 is 0 Å². The SMILES string of the molecule is CC1(C)C2C(=O)N(C3CCCC3N)C(=O)C21. The van der Waals surface area contributed by atoms with Gasteiger partial charge in [0.1, 0.15) is 0 Å². The maximum Gasteiger partial charge on any atom is 0.233 e. The van der Waals surface area contributed by atoms with Crippen LogP contribution in [0.25, 0.3) is 0 Å². The Morgan fingerprint density at radius 1 is 1.19 bits per heavy atom. The Labute approximate surface area is 95.2 Å². The van der Waals surface area contributed by atoms with E-state index in [1.54, 1.807) is 0 Å². The molecule has 2 amide bonds. The minimum absolute atomic E-state index is 0.00601. The minimum atomic E-state index is -0.104. The van der Waals surface area contributed by atoms with Crippen molar-refractivity contribution in [1.82, 2.24) is 4.90 Å². The quantitative estimate of drug-likeness (QED) is 0.657. The molecule has 0 bridgehead atoms. The van der Waals surface area contributed by atoms with E-state index in [0.29, 0.717) is 0 Å². The summed E-state index contributed by atoms with van der Waals surface area (Å²) in [6, 6.07) is -0.0305. The lowest BCUT2D eigenvalue weighted by Crippen LogP contribution is -2.49. The Morgan fingerprint density at radius 2 is 1.75 bits per heavy atom. The molecule has 1 heterocycles. The highest BCUT2D eigenvalue weighted by atomic mass is 16.2. The zero-order valence-electron chi connectivity index (χ0n) is 9.77. The number of imide groups is 1. The number of nitrogens with two attached hydrogens (primary N) is 1. The highest BCUT2D eigenvalue weighted by Gasteiger charge is 2.73. The summed E-state index contributed by atoms with van der Waals surface area (Å²) in [5.74, 6) is -0.0645. The van der Waals surface area contributed by atoms with Crippen LogP contribution in [0.15, 0.2) is 0 Å². The summed E-state index contributed by atoms with van der Waals surface area (Å²) in [5, 5.41) is 0. The van der Waals surface area contributed by atoms with E-state index in [1.165, 1.54) is 4.90 Å². The van der Waals surface area contributed by atoms with Crippen LogP contribution in [0.3, 0.4) is 0 Å². The first-order valence-electron chi connectivity index (χ1n) is 6.08. The van der Waals surface area contributed by atoms with Crippen molar-refractivity contribution in [1.29, 1.82) is 0 Å². The molecule has 0 aromatic carbocycles. The molecule has 2 N–H and O–H groups in total. The van der Waals surface area contributed by atoms with E-state index in [-0.39, 0.29) is 41.1 Å². The lowest BCUT2D eigenvalue weighted by atomic mass is 10.0. The third-order valence-corrected chi connectivity index (χ3v) is 4.70. The average molecular weight is 222 g/mol. The minimum Gasteiger partial charge on any atom is -0.326 e. The van der Waals surface area contributed by atoms with Crippen molar-refractivity contribution in [3.8, 4) is 0 Å². The molecular formula is C12H18N2O2. The van der Waals surface area contributed by atoms with Crippen LogP contribution in [-0.4, -0.2) is 28.8 Å². The molecule has 0 aromatic rings. The zero-order valence-corrected chi connectivity index (χ0v) is 9.77. The monoisotopic (exact) mass is 222 g/mol. The molecular weight excluding hydrogens is 204 g/mol. The van der Waals surface area contributed by atoms with Crippen molar-refractivity contribution in [2.45, 2.75) is 45.2 Å². The smallest absolute Gasteiger partial charge is 0.233 e. The fourth-order valence-corrected chi connectivity index (χ4v) is 3.58. The lowest BCUT2D eigenvalue weighted by Gasteiger charge is -2.29. The number of hydrogen-bond acceptors (Lipinski definition) is 3. The van der Waals surface area contributed by atoms with Gasteiger partial charge < -0.3 is 5.73 Å². The third kappa shape index (κ3) is 1.03. The van der Waals surface area contributed by atoms with Crippen molar-refractivity contribution >= 4 is 11.8 Å². The molecule has 1 saturated heterocycles. The van der Waals surface area contributed by atoms with Crippen LogP contribution < -0.4 is 5.73 Å². The molecule has 1 aliphatic heterocycles. The number of rotatable bonds is 1. The molecule has 4 unspecified atom stereocenters. The van der Waals surface area contributed by atoms with E-state index in [2.05, 4.69) is 0 Å². The largest absolute Gasteiger partial charge is 0.326 e. The van der Waals surface area contributed by atoms with Gasteiger partial charge >= 0.3 is 0 Å². The first-order valence-corrected chi connectivity index (χ1v) is 6.08. The molecule has 3 rings (SSSR count). The van der Waals surface area contributed by atoms with E-state index in [0.717, 1.165) is 19.3 Å².